The van der Waals surface area contributed by atoms with Crippen LogP contribution in [0.25, 0.3) is 32.2 Å². The van der Waals surface area contributed by atoms with Crippen molar-refractivity contribution in [3.8, 4) is 21.1 Å². The van der Waals surface area contributed by atoms with Gasteiger partial charge in [0.2, 0.25) is 0 Å². The zero-order valence-corrected chi connectivity index (χ0v) is 27.5. The molecule has 2 amide bonds. The molecule has 9 rings (SSSR count). The van der Waals surface area contributed by atoms with E-state index < -0.39 is 0 Å². The van der Waals surface area contributed by atoms with Gasteiger partial charge in [-0.3, -0.25) is 14.6 Å². The van der Waals surface area contributed by atoms with Crippen LogP contribution in [0.2, 0.25) is 0 Å². The topological polar surface area (TPSA) is 116 Å². The van der Waals surface area contributed by atoms with E-state index in [-0.39, 0.29) is 17.2 Å². The van der Waals surface area contributed by atoms with E-state index >= 15 is 0 Å². The summed E-state index contributed by atoms with van der Waals surface area (Å²) in [5.74, 6) is 1.22. The average Bonchev–Trinajstić information content (AvgIpc) is 3.73. The van der Waals surface area contributed by atoms with E-state index in [9.17, 15) is 9.59 Å². The largest absolute Gasteiger partial charge is 0.381 e. The first-order chi connectivity index (χ1) is 24.0. The van der Waals surface area contributed by atoms with Gasteiger partial charge in [-0.1, -0.05) is 12.1 Å². The second-order valence-corrected chi connectivity index (χ2v) is 14.1. The third kappa shape index (κ3) is 5.35. The highest BCUT2D eigenvalue weighted by Crippen LogP contribution is 2.44. The van der Waals surface area contributed by atoms with E-state index in [0.717, 1.165) is 77.0 Å². The molecule has 0 radical (unpaired) electrons. The maximum atomic E-state index is 14.0. The Balaban J connectivity index is 0.920. The summed E-state index contributed by atoms with van der Waals surface area (Å²) < 4.78 is 5.56. The van der Waals surface area contributed by atoms with Crippen LogP contribution in [0, 0.1) is 5.41 Å². The van der Waals surface area contributed by atoms with E-state index in [0.29, 0.717) is 35.6 Å². The third-order valence-electron chi connectivity index (χ3n) is 9.94. The van der Waals surface area contributed by atoms with E-state index in [1.54, 1.807) is 54.1 Å². The number of rotatable bonds is 5. The third-order valence-corrected chi connectivity index (χ3v) is 11.2. The summed E-state index contributed by atoms with van der Waals surface area (Å²) in [6, 6.07) is 22.8. The minimum atomic E-state index is -0.225. The van der Waals surface area contributed by atoms with Crippen molar-refractivity contribution in [1.29, 1.82) is 0 Å². The van der Waals surface area contributed by atoms with Gasteiger partial charge in [0.05, 0.1) is 27.2 Å². The Kier molecular flexibility index (Phi) is 7.24. The van der Waals surface area contributed by atoms with Gasteiger partial charge in [-0.2, -0.15) is 0 Å². The molecule has 6 aromatic rings. The molecule has 4 aromatic heterocycles. The summed E-state index contributed by atoms with van der Waals surface area (Å²) in [6.07, 6.45) is 8.09. The first kappa shape index (κ1) is 29.7. The average molecular weight is 668 g/mol. The molecule has 2 N–H and O–H groups in total. The number of amides is 2. The maximum absolute atomic E-state index is 14.0. The highest BCUT2D eigenvalue weighted by atomic mass is 32.1. The Morgan fingerprint density at radius 3 is 2.63 bits per heavy atom. The number of para-hydroxylation sites is 2. The number of pyridine rings is 2. The molecule has 0 atom stereocenters. The fourth-order valence-corrected chi connectivity index (χ4v) is 8.47. The first-order valence-corrected chi connectivity index (χ1v) is 17.4. The Hall–Kier alpha value is -5.39. The van der Waals surface area contributed by atoms with Crippen molar-refractivity contribution in [2.24, 2.45) is 5.41 Å². The van der Waals surface area contributed by atoms with Crippen LogP contribution in [0.1, 0.15) is 39.1 Å². The van der Waals surface area contributed by atoms with Crippen molar-refractivity contribution in [2.75, 3.05) is 48.0 Å². The smallest absolute Gasteiger partial charge is 0.259 e. The molecule has 0 unspecified atom stereocenters. The number of nitrogens with zero attached hydrogens (tertiary/aromatic N) is 5. The van der Waals surface area contributed by atoms with E-state index in [1.807, 2.05) is 47.5 Å². The van der Waals surface area contributed by atoms with Gasteiger partial charge >= 0.3 is 0 Å². The number of imidazole rings is 1. The molecule has 244 valence electrons. The lowest BCUT2D eigenvalue weighted by molar-refractivity contribution is -0.000509. The lowest BCUT2D eigenvalue weighted by Gasteiger charge is -2.53. The minimum absolute atomic E-state index is 0.104. The molecule has 0 saturated carbocycles. The van der Waals surface area contributed by atoms with Crippen molar-refractivity contribution >= 4 is 51.4 Å². The molecule has 1 spiro atoms. The van der Waals surface area contributed by atoms with Crippen molar-refractivity contribution in [3.63, 3.8) is 0 Å². The zero-order valence-electron chi connectivity index (χ0n) is 26.7. The van der Waals surface area contributed by atoms with Crippen LogP contribution >= 0.6 is 11.3 Å². The summed E-state index contributed by atoms with van der Waals surface area (Å²) in [6.45, 7) is 3.88. The summed E-state index contributed by atoms with van der Waals surface area (Å²) >= 11 is 1.66. The number of aromatic amines is 1. The molecule has 7 heterocycles. The second kappa shape index (κ2) is 11.9. The van der Waals surface area contributed by atoms with Crippen molar-refractivity contribution < 1.29 is 14.3 Å². The number of ether oxygens (including phenoxy) is 1. The molecular weight excluding hydrogens is 635 g/mol. The highest BCUT2D eigenvalue weighted by Gasteiger charge is 2.45. The van der Waals surface area contributed by atoms with Gasteiger partial charge in [-0.05, 0) is 85.5 Å². The molecule has 49 heavy (non-hydrogen) atoms. The molecule has 2 aromatic carbocycles. The SMILES string of the molecule is O=C(Nc1ccc(C(=O)N2CCc3cc(-c4nc5ccccc5[nH]4)sc3-c3cnccc32)cc1)c1cccnc1N1CC2(CCOCC2)C1. The first-order valence-electron chi connectivity index (χ1n) is 16.6. The van der Waals surface area contributed by atoms with Gasteiger partial charge in [0.15, 0.2) is 0 Å². The molecule has 2 saturated heterocycles. The van der Waals surface area contributed by atoms with Gasteiger partial charge < -0.3 is 24.8 Å². The Labute approximate surface area is 286 Å². The molecule has 11 heteroatoms. The van der Waals surface area contributed by atoms with Crippen LogP contribution < -0.4 is 15.1 Å². The van der Waals surface area contributed by atoms with Crippen molar-refractivity contribution in [3.05, 3.63) is 108 Å². The number of anilines is 3. The van der Waals surface area contributed by atoms with E-state index in [2.05, 4.69) is 31.2 Å². The standard InChI is InChI=1S/C38H33N7O3S/c46-36(27-4-3-15-40-35(27)44-22-38(23-44)13-18-48-19-14-38)41-26-9-7-24(8-10-26)37(47)45-17-12-25-20-32(34-42-29-5-1-2-6-30(29)43-34)49-33(25)28-21-39-16-11-31(28)45/h1-11,15-16,20-21H,12-14,17-19,22-23H2,(H,41,46)(H,42,43). The van der Waals surface area contributed by atoms with Gasteiger partial charge in [-0.15, -0.1) is 11.3 Å². The molecule has 10 nitrogen and oxygen atoms in total. The molecule has 0 aliphatic carbocycles. The molecule has 3 aliphatic heterocycles. The molecular formula is C38H33N7O3S. The number of hydrogen-bond acceptors (Lipinski definition) is 8. The maximum Gasteiger partial charge on any atom is 0.259 e. The number of benzene rings is 2. The van der Waals surface area contributed by atoms with Crippen LogP contribution in [-0.4, -0.2) is 64.6 Å². The number of thiophene rings is 1. The predicted octanol–water partition coefficient (Wildman–Crippen LogP) is 6.82. The van der Waals surface area contributed by atoms with Crippen LogP contribution in [0.5, 0.6) is 0 Å². The fourth-order valence-electron chi connectivity index (χ4n) is 7.30. The predicted molar refractivity (Wildman–Crippen MR) is 191 cm³/mol. The number of carbonyl (C=O) groups is 2. The number of nitrogens with one attached hydrogen (secondary N) is 2. The van der Waals surface area contributed by atoms with E-state index in [4.69, 9.17) is 9.72 Å². The summed E-state index contributed by atoms with van der Waals surface area (Å²) in [4.78, 5) is 50.9. The lowest BCUT2D eigenvalue weighted by Crippen LogP contribution is -2.59. The number of H-pyrrole nitrogens is 1. The van der Waals surface area contributed by atoms with Gasteiger partial charge in [0, 0.05) is 78.5 Å². The fraction of sp³-hybridized carbons (Fsp3) is 0.237. The van der Waals surface area contributed by atoms with Crippen molar-refractivity contribution in [1.82, 2.24) is 19.9 Å². The number of hydrogen-bond donors (Lipinski definition) is 2. The zero-order chi connectivity index (χ0) is 33.0. The summed E-state index contributed by atoms with van der Waals surface area (Å²) in [5.41, 5.74) is 6.81. The summed E-state index contributed by atoms with van der Waals surface area (Å²) in [5, 5.41) is 3.01. The molecule has 0 bridgehead atoms. The summed E-state index contributed by atoms with van der Waals surface area (Å²) in [7, 11) is 0. The van der Waals surface area contributed by atoms with Crippen LogP contribution in [0.4, 0.5) is 17.2 Å². The normalized spacial score (nSPS) is 16.5. The van der Waals surface area contributed by atoms with Gasteiger partial charge in [-0.25, -0.2) is 9.97 Å². The lowest BCUT2D eigenvalue weighted by atomic mass is 9.73. The molecule has 2 fully saturated rings. The number of carbonyl (C=O) groups excluding carboxylic acids is 2. The van der Waals surface area contributed by atoms with E-state index in [1.165, 1.54) is 5.56 Å². The monoisotopic (exact) mass is 667 g/mol. The quantitative estimate of drug-likeness (QED) is 0.207. The van der Waals surface area contributed by atoms with Gasteiger partial charge in [0.1, 0.15) is 11.6 Å². The highest BCUT2D eigenvalue weighted by molar-refractivity contribution is 7.19. The Bertz CT molecular complexity index is 2180. The Morgan fingerprint density at radius 1 is 0.959 bits per heavy atom. The van der Waals surface area contributed by atoms with Crippen molar-refractivity contribution in [2.45, 2.75) is 19.3 Å². The minimum Gasteiger partial charge on any atom is -0.381 e. The van der Waals surface area contributed by atoms with Crippen LogP contribution in [0.15, 0.2) is 91.4 Å². The number of fused-ring (bicyclic) bond motifs is 4. The number of aromatic nitrogens is 4. The van der Waals surface area contributed by atoms with Crippen LogP contribution in [0.3, 0.4) is 0 Å². The van der Waals surface area contributed by atoms with Gasteiger partial charge in [0.25, 0.3) is 11.8 Å². The van der Waals surface area contributed by atoms with Crippen LogP contribution in [-0.2, 0) is 11.2 Å². The second-order valence-electron chi connectivity index (χ2n) is 13.0. The molecule has 3 aliphatic rings. The Morgan fingerprint density at radius 2 is 1.80 bits per heavy atom.